The van der Waals surface area contributed by atoms with Crippen LogP contribution in [0.1, 0.15) is 22.2 Å². The summed E-state index contributed by atoms with van der Waals surface area (Å²) in [5, 5.41) is 1.57. The topological polar surface area (TPSA) is 70.1 Å². The molecule has 0 radical (unpaired) electrons. The van der Waals surface area contributed by atoms with Crippen LogP contribution in [0.3, 0.4) is 0 Å². The average molecular weight is 426 g/mol. The third-order valence-electron chi connectivity index (χ3n) is 5.32. The van der Waals surface area contributed by atoms with Crippen LogP contribution >= 0.6 is 0 Å². The van der Waals surface area contributed by atoms with Gasteiger partial charge < -0.3 is 23.8 Å². The molecule has 0 aliphatic carbocycles. The molecule has 0 saturated carbocycles. The average Bonchev–Trinajstić information content (AvgIpc) is 2.82. The van der Waals surface area contributed by atoms with E-state index in [1.54, 1.807) is 35.4 Å². The van der Waals surface area contributed by atoms with E-state index in [2.05, 4.69) is 4.98 Å². The van der Waals surface area contributed by atoms with Crippen molar-refractivity contribution in [1.29, 1.82) is 0 Å². The molecule has 7 nitrogen and oxygen atoms in total. The van der Waals surface area contributed by atoms with Gasteiger partial charge in [0.25, 0.3) is 5.91 Å². The van der Waals surface area contributed by atoms with Crippen LogP contribution in [-0.2, 0) is 4.74 Å². The zero-order valence-corrected chi connectivity index (χ0v) is 17.6. The maximum absolute atomic E-state index is 13.6. The first-order valence-corrected chi connectivity index (χ1v) is 9.80. The van der Waals surface area contributed by atoms with Crippen LogP contribution in [-0.4, -0.2) is 56.8 Å². The molecule has 0 N–H and O–H groups in total. The second kappa shape index (κ2) is 8.77. The molecule has 8 heteroatoms. The SMILES string of the molecule is COc1cc(OC)c(C(=O)N2CCO[C@H](c3cc4cc(F)ccc4cn3)C2)cc1OC. The summed E-state index contributed by atoms with van der Waals surface area (Å²) in [6.45, 7) is 1.09. The van der Waals surface area contributed by atoms with Gasteiger partial charge in [-0.15, -0.1) is 0 Å². The number of nitrogens with zero attached hydrogens (tertiary/aromatic N) is 2. The zero-order chi connectivity index (χ0) is 22.0. The van der Waals surface area contributed by atoms with Gasteiger partial charge in [0.05, 0.1) is 45.7 Å². The fraction of sp³-hybridized carbons (Fsp3) is 0.304. The summed E-state index contributed by atoms with van der Waals surface area (Å²) in [5.41, 5.74) is 1.02. The number of pyridine rings is 1. The van der Waals surface area contributed by atoms with Crippen LogP contribution in [0.25, 0.3) is 10.8 Å². The molecular formula is C23H23FN2O5. The summed E-state index contributed by atoms with van der Waals surface area (Å²) >= 11 is 0. The van der Waals surface area contributed by atoms with Gasteiger partial charge in [-0.25, -0.2) is 4.39 Å². The number of fused-ring (bicyclic) bond motifs is 1. The molecular weight excluding hydrogens is 403 g/mol. The van der Waals surface area contributed by atoms with Crippen LogP contribution in [0.4, 0.5) is 4.39 Å². The number of hydrogen-bond donors (Lipinski definition) is 0. The van der Waals surface area contributed by atoms with E-state index in [0.29, 0.717) is 48.2 Å². The quantitative estimate of drug-likeness (QED) is 0.621. The number of benzene rings is 2. The zero-order valence-electron chi connectivity index (χ0n) is 17.6. The van der Waals surface area contributed by atoms with Gasteiger partial charge in [0.1, 0.15) is 17.7 Å². The normalized spacial score (nSPS) is 16.3. The number of halogens is 1. The molecule has 0 unspecified atom stereocenters. The third-order valence-corrected chi connectivity index (χ3v) is 5.32. The second-order valence-corrected chi connectivity index (χ2v) is 7.12. The van der Waals surface area contributed by atoms with E-state index in [4.69, 9.17) is 18.9 Å². The van der Waals surface area contributed by atoms with Crippen molar-refractivity contribution in [3.8, 4) is 17.2 Å². The van der Waals surface area contributed by atoms with Gasteiger partial charge in [0.2, 0.25) is 0 Å². The molecule has 2 aromatic carbocycles. The van der Waals surface area contributed by atoms with Crippen LogP contribution in [0.2, 0.25) is 0 Å². The maximum Gasteiger partial charge on any atom is 0.257 e. The first kappa shape index (κ1) is 20.9. The van der Waals surface area contributed by atoms with Crippen LogP contribution < -0.4 is 14.2 Å². The molecule has 1 amide bonds. The summed E-state index contributed by atoms with van der Waals surface area (Å²) in [6.07, 6.45) is 1.27. The Morgan fingerprint density at radius 2 is 1.77 bits per heavy atom. The molecule has 3 aromatic rings. The minimum Gasteiger partial charge on any atom is -0.496 e. The van der Waals surface area contributed by atoms with E-state index >= 15 is 0 Å². The number of carbonyl (C=O) groups is 1. The van der Waals surface area contributed by atoms with Gasteiger partial charge in [0.15, 0.2) is 11.5 Å². The van der Waals surface area contributed by atoms with Crippen molar-refractivity contribution < 1.29 is 28.1 Å². The standard InChI is InChI=1S/C23H23FN2O5/c1-28-19-11-21(30-3)20(29-2)10-17(19)23(27)26-6-7-31-22(13-26)18-9-15-8-16(24)5-4-14(15)12-25-18/h4-5,8-12,22H,6-7,13H2,1-3H3/t22-/m0/s1. The fourth-order valence-electron chi connectivity index (χ4n) is 3.68. The molecule has 1 fully saturated rings. The van der Waals surface area contributed by atoms with Gasteiger partial charge >= 0.3 is 0 Å². The second-order valence-electron chi connectivity index (χ2n) is 7.12. The van der Waals surface area contributed by atoms with Crippen molar-refractivity contribution in [1.82, 2.24) is 9.88 Å². The van der Waals surface area contributed by atoms with E-state index in [-0.39, 0.29) is 11.7 Å². The Morgan fingerprint density at radius 3 is 2.52 bits per heavy atom. The minimum absolute atomic E-state index is 0.210. The lowest BCUT2D eigenvalue weighted by molar-refractivity contribution is -0.0247. The number of methoxy groups -OCH3 is 3. The van der Waals surface area contributed by atoms with Gasteiger partial charge in [-0.1, -0.05) is 0 Å². The molecule has 1 aromatic heterocycles. The fourth-order valence-corrected chi connectivity index (χ4v) is 3.68. The number of aromatic nitrogens is 1. The minimum atomic E-state index is -0.420. The Bertz CT molecular complexity index is 1120. The molecule has 0 spiro atoms. The number of carbonyl (C=O) groups excluding carboxylic acids is 1. The Morgan fingerprint density at radius 1 is 1.03 bits per heavy atom. The first-order valence-electron chi connectivity index (χ1n) is 9.80. The number of amides is 1. The lowest BCUT2D eigenvalue weighted by Crippen LogP contribution is -2.42. The molecule has 1 aliphatic heterocycles. The highest BCUT2D eigenvalue weighted by atomic mass is 19.1. The number of hydrogen-bond acceptors (Lipinski definition) is 6. The van der Waals surface area contributed by atoms with Gasteiger partial charge in [-0.3, -0.25) is 9.78 Å². The van der Waals surface area contributed by atoms with Crippen LogP contribution in [0.5, 0.6) is 17.2 Å². The molecule has 1 atom stereocenters. The lowest BCUT2D eigenvalue weighted by Gasteiger charge is -2.33. The van der Waals surface area contributed by atoms with E-state index in [0.717, 1.165) is 10.8 Å². The highest BCUT2D eigenvalue weighted by Crippen LogP contribution is 2.36. The molecule has 31 heavy (non-hydrogen) atoms. The smallest absolute Gasteiger partial charge is 0.257 e. The highest BCUT2D eigenvalue weighted by molar-refractivity contribution is 5.98. The summed E-state index contributed by atoms with van der Waals surface area (Å²) < 4.78 is 35.5. The maximum atomic E-state index is 13.6. The van der Waals surface area contributed by atoms with E-state index in [9.17, 15) is 9.18 Å². The van der Waals surface area contributed by atoms with Gasteiger partial charge in [-0.05, 0) is 29.7 Å². The predicted molar refractivity (Wildman–Crippen MR) is 112 cm³/mol. The van der Waals surface area contributed by atoms with Crippen molar-refractivity contribution in [2.45, 2.75) is 6.10 Å². The molecule has 1 saturated heterocycles. The first-order chi connectivity index (χ1) is 15.0. The van der Waals surface area contributed by atoms with E-state index in [1.165, 1.54) is 33.5 Å². The van der Waals surface area contributed by atoms with E-state index < -0.39 is 6.10 Å². The number of morpholine rings is 1. The Hall–Kier alpha value is -3.39. The van der Waals surface area contributed by atoms with Crippen molar-refractivity contribution >= 4 is 16.7 Å². The Balaban J connectivity index is 1.61. The van der Waals surface area contributed by atoms with Gasteiger partial charge in [0, 0.05) is 30.3 Å². The van der Waals surface area contributed by atoms with Crippen molar-refractivity contribution in [3.05, 3.63) is 59.7 Å². The summed E-state index contributed by atoms with van der Waals surface area (Å²) in [6, 6.07) is 9.58. The van der Waals surface area contributed by atoms with Crippen molar-refractivity contribution in [2.24, 2.45) is 0 Å². The third kappa shape index (κ3) is 4.11. The largest absolute Gasteiger partial charge is 0.496 e. The van der Waals surface area contributed by atoms with Crippen molar-refractivity contribution in [2.75, 3.05) is 41.0 Å². The number of ether oxygens (including phenoxy) is 4. The summed E-state index contributed by atoms with van der Waals surface area (Å²) in [7, 11) is 4.53. The monoisotopic (exact) mass is 426 g/mol. The van der Waals surface area contributed by atoms with Crippen LogP contribution in [0.15, 0.2) is 42.6 Å². The van der Waals surface area contributed by atoms with Gasteiger partial charge in [-0.2, -0.15) is 0 Å². The molecule has 162 valence electrons. The van der Waals surface area contributed by atoms with Crippen molar-refractivity contribution in [3.63, 3.8) is 0 Å². The Labute approximate surface area is 179 Å². The van der Waals surface area contributed by atoms with Crippen LogP contribution in [0, 0.1) is 5.82 Å². The van der Waals surface area contributed by atoms with E-state index in [1.807, 2.05) is 0 Å². The molecule has 2 heterocycles. The molecule has 4 rings (SSSR count). The predicted octanol–water partition coefficient (Wildman–Crippen LogP) is 3.61. The highest BCUT2D eigenvalue weighted by Gasteiger charge is 2.29. The number of rotatable bonds is 5. The Kier molecular flexibility index (Phi) is 5.90. The lowest BCUT2D eigenvalue weighted by atomic mass is 10.1. The molecule has 1 aliphatic rings. The summed E-state index contributed by atoms with van der Waals surface area (Å²) in [4.78, 5) is 19.5. The summed E-state index contributed by atoms with van der Waals surface area (Å²) in [5.74, 6) is 0.785. The molecule has 0 bridgehead atoms.